The van der Waals surface area contributed by atoms with Gasteiger partial charge in [-0.3, -0.25) is 0 Å². The lowest BCUT2D eigenvalue weighted by Gasteiger charge is -2.07. The van der Waals surface area contributed by atoms with Gasteiger partial charge in [0.25, 0.3) is 0 Å². The number of benzene rings is 2. The second-order valence-electron chi connectivity index (χ2n) is 5.60. The molecule has 0 spiro atoms. The van der Waals surface area contributed by atoms with Crippen LogP contribution in [-0.4, -0.2) is 51.8 Å². The molecule has 0 saturated carbocycles. The number of ether oxygens (including phenoxy) is 3. The molecule has 5 heteroatoms. The van der Waals surface area contributed by atoms with Crippen LogP contribution in [-0.2, 0) is 9.47 Å². The molecular weight excluding hydrogens is 330 g/mol. The molecule has 0 atom stereocenters. The highest BCUT2D eigenvalue weighted by Gasteiger charge is 1.96. The second kappa shape index (κ2) is 12.1. The van der Waals surface area contributed by atoms with Gasteiger partial charge in [0.2, 0.25) is 0 Å². The first-order chi connectivity index (χ1) is 12.8. The van der Waals surface area contributed by atoms with E-state index in [2.05, 4.69) is 41.7 Å². The highest BCUT2D eigenvalue weighted by atomic mass is 16.5. The predicted octanol–water partition coefficient (Wildman–Crippen LogP) is 3.04. The van der Waals surface area contributed by atoms with E-state index in [0.29, 0.717) is 33.0 Å². The minimum Gasteiger partial charge on any atom is -0.491 e. The van der Waals surface area contributed by atoms with Crippen LogP contribution in [0.5, 0.6) is 5.75 Å². The third kappa shape index (κ3) is 7.70. The van der Waals surface area contributed by atoms with Crippen molar-refractivity contribution in [1.82, 2.24) is 0 Å². The van der Waals surface area contributed by atoms with Crippen LogP contribution in [0.4, 0.5) is 5.69 Å². The van der Waals surface area contributed by atoms with Crippen LogP contribution in [0.1, 0.15) is 11.1 Å². The molecule has 0 saturated heterocycles. The Morgan fingerprint density at radius 1 is 0.769 bits per heavy atom. The van der Waals surface area contributed by atoms with Crippen LogP contribution in [0.2, 0.25) is 0 Å². The molecule has 0 aromatic heterocycles. The molecule has 26 heavy (non-hydrogen) atoms. The van der Waals surface area contributed by atoms with Gasteiger partial charge in [-0.15, -0.1) is 0 Å². The molecule has 0 amide bonds. The van der Waals surface area contributed by atoms with Crippen LogP contribution in [0, 0.1) is 0 Å². The van der Waals surface area contributed by atoms with Gasteiger partial charge in [-0.05, 0) is 35.4 Å². The molecule has 5 nitrogen and oxygen atoms in total. The Labute approximate surface area is 155 Å². The summed E-state index contributed by atoms with van der Waals surface area (Å²) in [5.74, 6) is 0.828. The summed E-state index contributed by atoms with van der Waals surface area (Å²) in [6.45, 7) is 2.83. The van der Waals surface area contributed by atoms with Gasteiger partial charge in [0.05, 0.1) is 19.8 Å². The first-order valence-corrected chi connectivity index (χ1v) is 8.80. The lowest BCUT2D eigenvalue weighted by atomic mass is 10.1. The normalized spacial score (nSPS) is 11.0. The number of hydrogen-bond acceptors (Lipinski definition) is 4. The number of anilines is 1. The van der Waals surface area contributed by atoms with E-state index in [4.69, 9.17) is 19.3 Å². The number of rotatable bonds is 12. The highest BCUT2D eigenvalue weighted by molar-refractivity contribution is 5.70. The van der Waals surface area contributed by atoms with Gasteiger partial charge < -0.3 is 24.6 Å². The first-order valence-electron chi connectivity index (χ1n) is 8.80. The van der Waals surface area contributed by atoms with E-state index in [1.165, 1.54) is 0 Å². The number of hydrogen-bond donors (Lipinski definition) is 1. The SMILES string of the molecule is CNc1ccc(/C=C/c2ccc(OCCOCCOCC[OH2+])cc2)cc1. The summed E-state index contributed by atoms with van der Waals surface area (Å²) in [5.41, 5.74) is 3.39. The molecule has 0 radical (unpaired) electrons. The van der Waals surface area contributed by atoms with Crippen LogP contribution < -0.4 is 10.1 Å². The van der Waals surface area contributed by atoms with Crippen molar-refractivity contribution in [2.24, 2.45) is 0 Å². The first kappa shape index (κ1) is 20.0. The van der Waals surface area contributed by atoms with Gasteiger partial charge in [-0.2, -0.15) is 0 Å². The van der Waals surface area contributed by atoms with Crippen molar-refractivity contribution in [2.75, 3.05) is 52.0 Å². The molecule has 0 aliphatic rings. The average molecular weight is 358 g/mol. The fraction of sp³-hybridized carbons (Fsp3) is 0.333. The zero-order chi connectivity index (χ0) is 18.5. The van der Waals surface area contributed by atoms with E-state index < -0.39 is 0 Å². The summed E-state index contributed by atoms with van der Waals surface area (Å²) >= 11 is 0. The third-order valence-corrected chi connectivity index (χ3v) is 3.66. The van der Waals surface area contributed by atoms with Crippen molar-refractivity contribution in [3.8, 4) is 5.75 Å². The van der Waals surface area contributed by atoms with Gasteiger partial charge >= 0.3 is 0 Å². The average Bonchev–Trinajstić information content (AvgIpc) is 2.69. The molecule has 2 rings (SSSR count). The third-order valence-electron chi connectivity index (χ3n) is 3.66. The molecule has 0 aliphatic heterocycles. The number of nitrogens with one attached hydrogen (secondary N) is 1. The molecule has 2 aromatic carbocycles. The van der Waals surface area contributed by atoms with E-state index in [0.717, 1.165) is 22.6 Å². The van der Waals surface area contributed by atoms with E-state index in [-0.39, 0.29) is 6.61 Å². The summed E-state index contributed by atoms with van der Waals surface area (Å²) in [4.78, 5) is 0. The van der Waals surface area contributed by atoms with Crippen molar-refractivity contribution in [3.05, 3.63) is 59.7 Å². The molecule has 0 fully saturated rings. The second-order valence-corrected chi connectivity index (χ2v) is 5.60. The fourth-order valence-electron chi connectivity index (χ4n) is 2.24. The molecule has 0 aliphatic carbocycles. The molecule has 0 unspecified atom stereocenters. The molecular formula is C21H28NO4+. The van der Waals surface area contributed by atoms with Gasteiger partial charge in [0, 0.05) is 12.7 Å². The van der Waals surface area contributed by atoms with Gasteiger partial charge in [-0.1, -0.05) is 36.4 Å². The maximum absolute atomic E-state index is 6.95. The quantitative estimate of drug-likeness (QED) is 0.360. The Morgan fingerprint density at radius 2 is 1.31 bits per heavy atom. The molecule has 140 valence electrons. The Kier molecular flexibility index (Phi) is 9.29. The Balaban J connectivity index is 1.68. The minimum atomic E-state index is 0.289. The zero-order valence-electron chi connectivity index (χ0n) is 15.2. The van der Waals surface area contributed by atoms with Gasteiger partial charge in [-0.25, -0.2) is 0 Å². The Morgan fingerprint density at radius 3 is 1.88 bits per heavy atom. The lowest BCUT2D eigenvalue weighted by molar-refractivity contribution is 0.0247. The lowest BCUT2D eigenvalue weighted by Crippen LogP contribution is -2.11. The van der Waals surface area contributed by atoms with Crippen LogP contribution >= 0.6 is 0 Å². The molecule has 2 aromatic rings. The van der Waals surface area contributed by atoms with Crippen LogP contribution in [0.15, 0.2) is 48.5 Å². The van der Waals surface area contributed by atoms with Crippen LogP contribution in [0.25, 0.3) is 12.2 Å². The maximum atomic E-state index is 6.95. The van der Waals surface area contributed by atoms with E-state index in [9.17, 15) is 0 Å². The van der Waals surface area contributed by atoms with Crippen molar-refractivity contribution >= 4 is 17.8 Å². The largest absolute Gasteiger partial charge is 0.491 e. The summed E-state index contributed by atoms with van der Waals surface area (Å²) in [6.07, 6.45) is 4.17. The van der Waals surface area contributed by atoms with Crippen molar-refractivity contribution < 1.29 is 19.3 Å². The van der Waals surface area contributed by atoms with E-state index >= 15 is 0 Å². The zero-order valence-corrected chi connectivity index (χ0v) is 15.2. The van der Waals surface area contributed by atoms with Gasteiger partial charge in [0.15, 0.2) is 6.61 Å². The minimum absolute atomic E-state index is 0.289. The summed E-state index contributed by atoms with van der Waals surface area (Å²) in [7, 11) is 1.91. The molecule has 0 bridgehead atoms. The smallest absolute Gasteiger partial charge is 0.167 e. The highest BCUT2D eigenvalue weighted by Crippen LogP contribution is 2.15. The maximum Gasteiger partial charge on any atom is 0.167 e. The van der Waals surface area contributed by atoms with E-state index in [1.54, 1.807) is 0 Å². The molecule has 3 N–H and O–H groups in total. The topological polar surface area (TPSA) is 62.6 Å². The summed E-state index contributed by atoms with van der Waals surface area (Å²) in [6, 6.07) is 16.3. The van der Waals surface area contributed by atoms with Crippen molar-refractivity contribution in [2.45, 2.75) is 0 Å². The van der Waals surface area contributed by atoms with Gasteiger partial charge in [0.1, 0.15) is 19.0 Å². The standard InChI is InChI=1S/C21H27NO4/c1-22-20-8-4-18(5-9-20)2-3-19-6-10-21(11-7-19)26-17-16-25-15-14-24-13-12-23/h2-11,22-23H,12-17H2,1H3/p+1/b3-2+. The van der Waals surface area contributed by atoms with Crippen molar-refractivity contribution in [3.63, 3.8) is 0 Å². The van der Waals surface area contributed by atoms with Crippen LogP contribution in [0.3, 0.4) is 0 Å². The van der Waals surface area contributed by atoms with E-state index in [1.807, 2.05) is 31.3 Å². The Hall–Kier alpha value is -2.34. The summed E-state index contributed by atoms with van der Waals surface area (Å²) in [5, 5.41) is 10.1. The Bertz CT molecular complexity index is 638. The monoisotopic (exact) mass is 358 g/mol. The molecule has 0 heterocycles. The fourth-order valence-corrected chi connectivity index (χ4v) is 2.24. The van der Waals surface area contributed by atoms with Crippen molar-refractivity contribution in [1.29, 1.82) is 0 Å². The predicted molar refractivity (Wildman–Crippen MR) is 107 cm³/mol. The summed E-state index contributed by atoms with van der Waals surface area (Å²) < 4.78 is 16.2.